The van der Waals surface area contributed by atoms with E-state index in [1.54, 1.807) is 0 Å². The molecule has 2 unspecified atom stereocenters. The van der Waals surface area contributed by atoms with E-state index >= 15 is 0 Å². The summed E-state index contributed by atoms with van der Waals surface area (Å²) in [7, 11) is 2.25. The topological polar surface area (TPSA) is 21.1 Å². The Morgan fingerprint density at radius 1 is 1.15 bits per heavy atom. The molecule has 0 saturated heterocycles. The van der Waals surface area contributed by atoms with E-state index in [1.165, 1.54) is 38.9 Å². The Hall–Kier alpha value is -2.39. The number of rotatable bonds is 2. The first-order valence-corrected chi connectivity index (χ1v) is 9.41. The highest BCUT2D eigenvalue weighted by Gasteiger charge is 2.31. The summed E-state index contributed by atoms with van der Waals surface area (Å²) >= 11 is 0. The third-order valence-electron chi connectivity index (χ3n) is 5.97. The zero-order chi connectivity index (χ0) is 18.4. The van der Waals surface area contributed by atoms with E-state index in [0.29, 0.717) is 12.1 Å². The molecule has 1 aromatic carbocycles. The van der Waals surface area contributed by atoms with Gasteiger partial charge >= 0.3 is 0 Å². The van der Waals surface area contributed by atoms with Crippen LogP contribution in [0.2, 0.25) is 0 Å². The highest BCUT2D eigenvalue weighted by atomic mass is 15.2. The van der Waals surface area contributed by atoms with Crippen molar-refractivity contribution in [3.63, 3.8) is 0 Å². The molecule has 0 aliphatic carbocycles. The van der Waals surface area contributed by atoms with Crippen LogP contribution in [0, 0.1) is 6.92 Å². The van der Waals surface area contributed by atoms with Gasteiger partial charge in [0.2, 0.25) is 0 Å². The van der Waals surface area contributed by atoms with Gasteiger partial charge in [0.15, 0.2) is 0 Å². The van der Waals surface area contributed by atoms with E-state index in [4.69, 9.17) is 0 Å². The van der Waals surface area contributed by atoms with Crippen LogP contribution in [-0.4, -0.2) is 27.5 Å². The zero-order valence-electron chi connectivity index (χ0n) is 16.3. The van der Waals surface area contributed by atoms with Gasteiger partial charge in [0, 0.05) is 48.2 Å². The second kappa shape index (κ2) is 6.40. The minimum Gasteiger partial charge on any atom is -0.320 e. The smallest absolute Gasteiger partial charge is 0.0529 e. The van der Waals surface area contributed by atoms with Crippen molar-refractivity contribution in [2.45, 2.75) is 46.2 Å². The second-order valence-electron chi connectivity index (χ2n) is 7.69. The maximum atomic E-state index is 4.14. The second-order valence-corrected chi connectivity index (χ2v) is 7.69. The first kappa shape index (κ1) is 17.0. The Kier molecular flexibility index (Phi) is 4.20. The van der Waals surface area contributed by atoms with Crippen LogP contribution in [0.5, 0.6) is 0 Å². The number of likely N-dealkylation sites (N-methyl/N-ethyl adjacent to an activating group) is 1. The van der Waals surface area contributed by atoms with E-state index in [1.807, 2.05) is 12.4 Å². The van der Waals surface area contributed by atoms with Gasteiger partial charge in [-0.3, -0.25) is 9.88 Å². The largest absolute Gasteiger partial charge is 0.320 e. The van der Waals surface area contributed by atoms with Crippen molar-refractivity contribution in [2.24, 2.45) is 0 Å². The first-order chi connectivity index (χ1) is 12.5. The summed E-state index contributed by atoms with van der Waals surface area (Å²) in [4.78, 5) is 6.64. The molecule has 26 heavy (non-hydrogen) atoms. The van der Waals surface area contributed by atoms with Crippen LogP contribution >= 0.6 is 0 Å². The number of pyridine rings is 1. The van der Waals surface area contributed by atoms with Gasteiger partial charge < -0.3 is 4.57 Å². The van der Waals surface area contributed by atoms with Crippen LogP contribution in [0.1, 0.15) is 49.2 Å². The number of aromatic nitrogens is 2. The summed E-state index contributed by atoms with van der Waals surface area (Å²) < 4.78 is 2.43. The molecule has 0 saturated carbocycles. The van der Waals surface area contributed by atoms with Crippen LogP contribution in [0.3, 0.4) is 0 Å². The molecule has 0 N–H and O–H groups in total. The Morgan fingerprint density at radius 3 is 2.62 bits per heavy atom. The summed E-state index contributed by atoms with van der Waals surface area (Å²) in [6.07, 6.45) is 7.09. The molecule has 0 amide bonds. The summed E-state index contributed by atoms with van der Waals surface area (Å²) in [5.41, 5.74) is 8.05. The number of fused-ring (bicyclic) bond motifs is 3. The lowest BCUT2D eigenvalue weighted by atomic mass is 9.93. The fourth-order valence-corrected chi connectivity index (χ4v) is 4.22. The normalized spacial score (nSPS) is 21.2. The van der Waals surface area contributed by atoms with Gasteiger partial charge in [-0.2, -0.15) is 0 Å². The van der Waals surface area contributed by atoms with Gasteiger partial charge in [-0.1, -0.05) is 11.6 Å². The molecule has 0 spiro atoms. The molecule has 2 aromatic heterocycles. The standard InChI is InChI=1S/C23H27N3/c1-15-6-7-21-20(12-15)23-18(4)25(5)17(3)13-22(23)26(21)14-16(2)19-8-10-24-11-9-19/h6-12,14,17-18H,13H2,1-5H3/b16-14-. The van der Waals surface area contributed by atoms with Gasteiger partial charge in [0.05, 0.1) is 5.52 Å². The van der Waals surface area contributed by atoms with Crippen molar-refractivity contribution in [3.8, 4) is 0 Å². The lowest BCUT2D eigenvalue weighted by Crippen LogP contribution is -2.38. The SMILES string of the molecule is C/C(=C/n1c2c(c3cc(C)ccc31)C(C)N(C)C(C)C2)c1ccncc1. The molecule has 0 bridgehead atoms. The number of benzene rings is 1. The number of allylic oxidation sites excluding steroid dienone is 1. The number of aryl methyl sites for hydroxylation is 1. The lowest BCUT2D eigenvalue weighted by molar-refractivity contribution is 0.179. The molecule has 0 radical (unpaired) electrons. The van der Waals surface area contributed by atoms with Crippen LogP contribution in [0.15, 0.2) is 42.7 Å². The minimum atomic E-state index is 0.425. The molecule has 4 rings (SSSR count). The lowest BCUT2D eigenvalue weighted by Gasteiger charge is -2.36. The van der Waals surface area contributed by atoms with Crippen LogP contribution in [-0.2, 0) is 6.42 Å². The van der Waals surface area contributed by atoms with Crippen LogP contribution in [0.25, 0.3) is 22.7 Å². The van der Waals surface area contributed by atoms with E-state index in [2.05, 4.69) is 85.7 Å². The van der Waals surface area contributed by atoms with Crippen molar-refractivity contribution in [3.05, 3.63) is 65.1 Å². The van der Waals surface area contributed by atoms with Crippen molar-refractivity contribution >= 4 is 22.7 Å². The molecule has 134 valence electrons. The average Bonchev–Trinajstić information content (AvgIpc) is 2.93. The van der Waals surface area contributed by atoms with E-state index in [9.17, 15) is 0 Å². The fourth-order valence-electron chi connectivity index (χ4n) is 4.22. The first-order valence-electron chi connectivity index (χ1n) is 9.41. The summed E-state index contributed by atoms with van der Waals surface area (Å²) in [6, 6.07) is 12.0. The maximum Gasteiger partial charge on any atom is 0.0529 e. The predicted molar refractivity (Wildman–Crippen MR) is 110 cm³/mol. The third-order valence-corrected chi connectivity index (χ3v) is 5.97. The highest BCUT2D eigenvalue weighted by molar-refractivity contribution is 5.91. The van der Waals surface area contributed by atoms with E-state index < -0.39 is 0 Å². The quantitative estimate of drug-likeness (QED) is 0.628. The van der Waals surface area contributed by atoms with E-state index in [-0.39, 0.29) is 0 Å². The van der Waals surface area contributed by atoms with Gasteiger partial charge in [-0.15, -0.1) is 0 Å². The zero-order valence-corrected chi connectivity index (χ0v) is 16.3. The molecular weight excluding hydrogens is 318 g/mol. The van der Waals surface area contributed by atoms with Gasteiger partial charge in [0.25, 0.3) is 0 Å². The molecule has 3 aromatic rings. The molecule has 0 fully saturated rings. The fraction of sp³-hybridized carbons (Fsp3) is 0.348. The number of hydrogen-bond donors (Lipinski definition) is 0. The summed E-state index contributed by atoms with van der Waals surface area (Å²) in [5.74, 6) is 0. The van der Waals surface area contributed by atoms with Crippen molar-refractivity contribution in [1.29, 1.82) is 0 Å². The van der Waals surface area contributed by atoms with Gasteiger partial charge in [-0.05, 0) is 75.7 Å². The molecule has 2 atom stereocenters. The Morgan fingerprint density at radius 2 is 1.88 bits per heavy atom. The summed E-state index contributed by atoms with van der Waals surface area (Å²) in [5, 5.41) is 1.39. The van der Waals surface area contributed by atoms with Crippen molar-refractivity contribution in [1.82, 2.24) is 14.5 Å². The number of hydrogen-bond acceptors (Lipinski definition) is 2. The Bertz CT molecular complexity index is 982. The van der Waals surface area contributed by atoms with E-state index in [0.717, 1.165) is 6.42 Å². The van der Waals surface area contributed by atoms with Gasteiger partial charge in [-0.25, -0.2) is 0 Å². The van der Waals surface area contributed by atoms with Crippen molar-refractivity contribution in [2.75, 3.05) is 7.05 Å². The Balaban J connectivity index is 1.97. The summed E-state index contributed by atoms with van der Waals surface area (Å²) in [6.45, 7) is 9.02. The third kappa shape index (κ3) is 2.67. The predicted octanol–water partition coefficient (Wildman–Crippen LogP) is 5.30. The molecular formula is C23H27N3. The van der Waals surface area contributed by atoms with Gasteiger partial charge in [0.1, 0.15) is 0 Å². The molecule has 1 aliphatic heterocycles. The van der Waals surface area contributed by atoms with Crippen LogP contribution in [0.4, 0.5) is 0 Å². The highest BCUT2D eigenvalue weighted by Crippen LogP contribution is 2.40. The molecule has 3 heterocycles. The molecule has 3 heteroatoms. The average molecular weight is 345 g/mol. The molecule has 3 nitrogen and oxygen atoms in total. The monoisotopic (exact) mass is 345 g/mol. The number of nitrogens with zero attached hydrogens (tertiary/aromatic N) is 3. The minimum absolute atomic E-state index is 0.425. The molecule has 1 aliphatic rings. The maximum absolute atomic E-state index is 4.14. The van der Waals surface area contributed by atoms with Crippen LogP contribution < -0.4 is 0 Å². The Labute approximate surface area is 156 Å². The van der Waals surface area contributed by atoms with Crippen molar-refractivity contribution < 1.29 is 0 Å².